The minimum atomic E-state index is -0.498. The second kappa shape index (κ2) is 5.76. The largest absolute Gasteiger partial charge is 0.502 e. The second-order valence-electron chi connectivity index (χ2n) is 4.95. The van der Waals surface area contributed by atoms with E-state index in [-0.39, 0.29) is 17.2 Å². The molecule has 1 aromatic heterocycles. The fourth-order valence-electron chi connectivity index (χ4n) is 2.35. The van der Waals surface area contributed by atoms with Crippen LogP contribution in [0.15, 0.2) is 60.8 Å². The van der Waals surface area contributed by atoms with Crippen molar-refractivity contribution in [3.63, 3.8) is 0 Å². The van der Waals surface area contributed by atoms with Gasteiger partial charge < -0.3 is 10.2 Å². The Morgan fingerprint density at radius 1 is 1.09 bits per heavy atom. The molecule has 0 atom stereocenters. The van der Waals surface area contributed by atoms with E-state index in [9.17, 15) is 20.3 Å². The number of para-hydroxylation sites is 1. The first-order valence-electron chi connectivity index (χ1n) is 6.84. The van der Waals surface area contributed by atoms with Crippen LogP contribution in [0.3, 0.4) is 0 Å². The number of nitro benzene ring substituents is 1. The number of nitro groups is 1. The van der Waals surface area contributed by atoms with Crippen molar-refractivity contribution in [1.82, 2.24) is 0 Å². The molecule has 2 N–H and O–H groups in total. The van der Waals surface area contributed by atoms with Crippen LogP contribution in [-0.4, -0.2) is 15.1 Å². The lowest BCUT2D eigenvalue weighted by Crippen LogP contribution is -2.26. The number of phenols is 1. The zero-order valence-electron chi connectivity index (χ0n) is 12.0. The highest BCUT2D eigenvalue weighted by Gasteiger charge is 2.13. The van der Waals surface area contributed by atoms with Crippen molar-refractivity contribution in [3.05, 3.63) is 76.5 Å². The van der Waals surface area contributed by atoms with E-state index in [4.69, 9.17) is 0 Å². The van der Waals surface area contributed by atoms with Gasteiger partial charge in [0.2, 0.25) is 6.20 Å². The molecule has 3 aromatic rings. The summed E-state index contributed by atoms with van der Waals surface area (Å²) in [5, 5.41) is 31.7. The summed E-state index contributed by atoms with van der Waals surface area (Å²) >= 11 is 0. The number of rotatable bonds is 3. The second-order valence-corrected chi connectivity index (χ2v) is 4.95. The van der Waals surface area contributed by atoms with Gasteiger partial charge in [-0.3, -0.25) is 10.1 Å². The van der Waals surface area contributed by atoms with E-state index in [2.05, 4.69) is 0 Å². The first-order valence-corrected chi connectivity index (χ1v) is 6.84. The van der Waals surface area contributed by atoms with Crippen LogP contribution < -0.4 is 4.57 Å². The number of nitrogens with zero attached hydrogens (tertiary/aromatic N) is 2. The molecule has 6 nitrogen and oxygen atoms in total. The van der Waals surface area contributed by atoms with Crippen molar-refractivity contribution in [3.8, 4) is 5.75 Å². The van der Waals surface area contributed by atoms with Crippen LogP contribution in [-0.2, 0) is 0 Å². The molecule has 0 saturated carbocycles. The van der Waals surface area contributed by atoms with Crippen molar-refractivity contribution in [1.29, 1.82) is 0 Å². The van der Waals surface area contributed by atoms with Gasteiger partial charge in [-0.05, 0) is 30.3 Å². The molecule has 0 spiro atoms. The summed E-state index contributed by atoms with van der Waals surface area (Å²) in [6, 6.07) is 14.4. The maximum atomic E-state index is 10.7. The van der Waals surface area contributed by atoms with Gasteiger partial charge in [0.25, 0.3) is 11.2 Å². The first kappa shape index (κ1) is 14.5. The average Bonchev–Trinajstić information content (AvgIpc) is 2.55. The molecule has 114 valence electrons. The van der Waals surface area contributed by atoms with Gasteiger partial charge >= 0.3 is 0 Å². The Labute approximate surface area is 131 Å². The third-order valence-electron chi connectivity index (χ3n) is 3.46. The third kappa shape index (κ3) is 2.82. The first-order chi connectivity index (χ1) is 11.1. The van der Waals surface area contributed by atoms with Crippen LogP contribution in [0, 0.1) is 10.1 Å². The number of hydrogen-bond acceptors (Lipinski definition) is 4. The van der Waals surface area contributed by atoms with E-state index >= 15 is 0 Å². The number of benzene rings is 2. The van der Waals surface area contributed by atoms with Crippen molar-refractivity contribution in [2.45, 2.75) is 0 Å². The van der Waals surface area contributed by atoms with Crippen LogP contribution in [0.1, 0.15) is 5.56 Å². The van der Waals surface area contributed by atoms with Gasteiger partial charge in [-0.25, -0.2) is 0 Å². The van der Waals surface area contributed by atoms with Gasteiger partial charge in [-0.2, -0.15) is 4.57 Å². The fraction of sp³-hybridized carbons (Fsp3) is 0. The number of aromatic nitrogens is 1. The van der Waals surface area contributed by atoms with Crippen molar-refractivity contribution < 1.29 is 19.7 Å². The molecule has 0 aliphatic carbocycles. The molecule has 2 aromatic carbocycles. The summed E-state index contributed by atoms with van der Waals surface area (Å²) in [5.74, 6) is 0.0245. The minimum absolute atomic E-state index is 0.0444. The lowest BCUT2D eigenvalue weighted by Gasteiger charge is -2.01. The monoisotopic (exact) mass is 309 g/mol. The maximum absolute atomic E-state index is 10.7. The van der Waals surface area contributed by atoms with Crippen LogP contribution in [0.25, 0.3) is 22.9 Å². The number of phenolic OH excluding ortho intramolecular Hbond substituents is 1. The summed E-state index contributed by atoms with van der Waals surface area (Å²) in [6.07, 6.45) is 3.15. The highest BCUT2D eigenvalue weighted by atomic mass is 16.6. The molecule has 0 amide bonds. The Bertz CT molecular complexity index is 912. The van der Waals surface area contributed by atoms with Crippen LogP contribution >= 0.6 is 0 Å². The average molecular weight is 309 g/mol. The Kier molecular flexibility index (Phi) is 3.64. The molecule has 0 aliphatic rings. The SMILES string of the molecule is O=[N+]([O-])c1ccc(/C(O)=C/[n+]2cccc3cccc(O)c32)cc1. The Morgan fingerprint density at radius 3 is 2.48 bits per heavy atom. The van der Waals surface area contributed by atoms with Gasteiger partial charge in [-0.1, -0.05) is 6.07 Å². The van der Waals surface area contributed by atoms with E-state index in [1.54, 1.807) is 29.0 Å². The summed E-state index contributed by atoms with van der Waals surface area (Å²) < 4.78 is 1.60. The maximum Gasteiger partial charge on any atom is 0.269 e. The molecular formula is C17H13N2O4+. The molecule has 0 saturated heterocycles. The highest BCUT2D eigenvalue weighted by Crippen LogP contribution is 2.21. The Hall–Kier alpha value is -3.41. The van der Waals surface area contributed by atoms with Gasteiger partial charge in [0.05, 0.1) is 10.3 Å². The van der Waals surface area contributed by atoms with Gasteiger partial charge in [0.15, 0.2) is 17.7 Å². The third-order valence-corrected chi connectivity index (χ3v) is 3.46. The lowest BCUT2D eigenvalue weighted by atomic mass is 10.1. The molecular weight excluding hydrogens is 296 g/mol. The Balaban J connectivity index is 2.06. The van der Waals surface area contributed by atoms with E-state index in [1.165, 1.54) is 30.5 Å². The molecule has 0 unspecified atom stereocenters. The number of pyridine rings is 1. The molecule has 0 fully saturated rings. The van der Waals surface area contributed by atoms with Crippen LogP contribution in [0.5, 0.6) is 5.75 Å². The number of fused-ring (bicyclic) bond motifs is 1. The summed E-state index contributed by atoms with van der Waals surface area (Å²) in [6.45, 7) is 0. The Morgan fingerprint density at radius 2 is 1.78 bits per heavy atom. The van der Waals surface area contributed by atoms with Gasteiger partial charge in [0, 0.05) is 23.8 Å². The topological polar surface area (TPSA) is 87.5 Å². The number of aromatic hydroxyl groups is 1. The predicted octanol–water partition coefficient (Wildman–Crippen LogP) is 3.25. The summed E-state index contributed by atoms with van der Waals surface area (Å²) in [7, 11) is 0. The molecule has 0 radical (unpaired) electrons. The number of non-ortho nitro benzene ring substituents is 1. The lowest BCUT2D eigenvalue weighted by molar-refractivity contribution is -0.539. The molecule has 3 rings (SSSR count). The molecule has 0 aliphatic heterocycles. The van der Waals surface area contributed by atoms with E-state index in [0.29, 0.717) is 11.1 Å². The number of hydrogen-bond donors (Lipinski definition) is 2. The minimum Gasteiger partial charge on any atom is -0.502 e. The smallest absolute Gasteiger partial charge is 0.269 e. The summed E-state index contributed by atoms with van der Waals surface area (Å²) in [4.78, 5) is 10.2. The van der Waals surface area contributed by atoms with Gasteiger partial charge in [-0.15, -0.1) is 0 Å². The van der Waals surface area contributed by atoms with Crippen molar-refractivity contribution in [2.24, 2.45) is 0 Å². The van der Waals surface area contributed by atoms with E-state index in [0.717, 1.165) is 5.39 Å². The fourth-order valence-corrected chi connectivity index (χ4v) is 2.35. The molecule has 23 heavy (non-hydrogen) atoms. The van der Waals surface area contributed by atoms with E-state index < -0.39 is 4.92 Å². The quantitative estimate of drug-likeness (QED) is 0.336. The van der Waals surface area contributed by atoms with E-state index in [1.807, 2.05) is 12.1 Å². The zero-order valence-corrected chi connectivity index (χ0v) is 12.0. The van der Waals surface area contributed by atoms with Crippen LogP contribution in [0.2, 0.25) is 0 Å². The van der Waals surface area contributed by atoms with Crippen molar-refractivity contribution >= 4 is 28.5 Å². The number of aliphatic hydroxyl groups is 1. The molecule has 1 heterocycles. The summed E-state index contributed by atoms with van der Waals surface area (Å²) in [5.41, 5.74) is 0.955. The standard InChI is InChI=1S/C17H12N2O4/c20-15-5-1-3-13-4-2-10-18(17(13)15)11-16(21)12-6-8-14(9-7-12)19(22)23/h1-11H,(H-,20,21)/p+1/b16-11-. The molecule has 0 bridgehead atoms. The highest BCUT2D eigenvalue weighted by molar-refractivity contribution is 5.82. The molecule has 6 heteroatoms. The van der Waals surface area contributed by atoms with Gasteiger partial charge in [0.1, 0.15) is 0 Å². The predicted molar refractivity (Wildman–Crippen MR) is 85.7 cm³/mol. The zero-order chi connectivity index (χ0) is 16.4. The van der Waals surface area contributed by atoms with Crippen LogP contribution in [0.4, 0.5) is 5.69 Å². The van der Waals surface area contributed by atoms with Crippen molar-refractivity contribution in [2.75, 3.05) is 0 Å². The number of aliphatic hydroxyl groups excluding tert-OH is 1. The normalized spacial score (nSPS) is 11.6.